The molecule has 0 fully saturated rings. The fraction of sp³-hybridized carbons (Fsp3) is 0.750. The maximum atomic E-state index is 10.7. The van der Waals surface area contributed by atoms with E-state index in [4.69, 9.17) is 10.2 Å². The number of hydrogen-bond acceptors (Lipinski definition) is 4. The second kappa shape index (κ2) is 7.64. The van der Waals surface area contributed by atoms with Gasteiger partial charge >= 0.3 is 93.4 Å². The fourth-order valence-corrected chi connectivity index (χ4v) is 1.96. The molecule has 0 bridgehead atoms. The van der Waals surface area contributed by atoms with E-state index in [1.54, 1.807) is 0 Å². The second-order valence-electron chi connectivity index (χ2n) is 2.95. The zero-order valence-electron chi connectivity index (χ0n) is 8.34. The number of carboxylic acids is 2. The van der Waals surface area contributed by atoms with E-state index in [-0.39, 0.29) is 0 Å². The van der Waals surface area contributed by atoms with E-state index in [9.17, 15) is 14.7 Å². The molecule has 0 heterocycles. The molecule has 0 saturated carbocycles. The zero-order valence-corrected chi connectivity index (χ0v) is 10.1. The summed E-state index contributed by atoms with van der Waals surface area (Å²) in [6.45, 7) is 0. The van der Waals surface area contributed by atoms with Crippen molar-refractivity contribution in [3.63, 3.8) is 0 Å². The van der Waals surface area contributed by atoms with E-state index in [0.717, 1.165) is 5.32 Å². The summed E-state index contributed by atoms with van der Waals surface area (Å²) in [6, 6.07) is -0.874. The van der Waals surface area contributed by atoms with Gasteiger partial charge in [-0.25, -0.2) is 0 Å². The number of aliphatic hydroxyl groups excluding tert-OH is 1. The monoisotopic (exact) mass is 285 g/mol. The Morgan fingerprint density at radius 1 is 1.40 bits per heavy atom. The molecular formula is C8H15NO5Se. The Morgan fingerprint density at radius 2 is 2.00 bits per heavy atom. The summed E-state index contributed by atoms with van der Waals surface area (Å²) in [5, 5.41) is 29.5. The van der Waals surface area contributed by atoms with Crippen LogP contribution in [0, 0.1) is 0 Å². The first kappa shape index (κ1) is 14.4. The molecule has 4 N–H and O–H groups in total. The van der Waals surface area contributed by atoms with Crippen LogP contribution in [0.3, 0.4) is 0 Å². The van der Waals surface area contributed by atoms with Gasteiger partial charge in [0.1, 0.15) is 0 Å². The van der Waals surface area contributed by atoms with E-state index >= 15 is 0 Å². The van der Waals surface area contributed by atoms with E-state index in [1.165, 1.54) is 0 Å². The molecule has 0 aliphatic carbocycles. The van der Waals surface area contributed by atoms with Gasteiger partial charge in [0.15, 0.2) is 0 Å². The first-order valence-corrected chi connectivity index (χ1v) is 7.27. The van der Waals surface area contributed by atoms with Gasteiger partial charge in [-0.1, -0.05) is 0 Å². The summed E-state index contributed by atoms with van der Waals surface area (Å²) in [7, 11) is 0. The number of carboxylic acid groups (broad SMARTS) is 2. The predicted octanol–water partition coefficient (Wildman–Crippen LogP) is -0.617. The average Bonchev–Trinajstić information content (AvgIpc) is 2.10. The first-order valence-electron chi connectivity index (χ1n) is 4.35. The number of rotatable bonds is 8. The summed E-state index contributed by atoms with van der Waals surface area (Å²) in [4.78, 5) is 20.9. The van der Waals surface area contributed by atoms with Crippen LogP contribution in [-0.4, -0.2) is 54.5 Å². The number of aliphatic hydroxyl groups is 1. The molecule has 2 atom stereocenters. The van der Waals surface area contributed by atoms with Gasteiger partial charge in [0.05, 0.1) is 0 Å². The van der Waals surface area contributed by atoms with Gasteiger partial charge in [0.2, 0.25) is 0 Å². The van der Waals surface area contributed by atoms with Crippen LogP contribution >= 0.6 is 0 Å². The summed E-state index contributed by atoms with van der Waals surface area (Å²) in [5.41, 5.74) is 0. The third-order valence-corrected chi connectivity index (χ3v) is 3.02. The SMILES string of the molecule is C[Se]CC[C@H](NC(O)CC(=O)O)C(=O)O. The van der Waals surface area contributed by atoms with Crippen molar-refractivity contribution >= 4 is 26.9 Å². The van der Waals surface area contributed by atoms with Crippen LogP contribution < -0.4 is 5.32 Å². The van der Waals surface area contributed by atoms with Gasteiger partial charge in [0.25, 0.3) is 0 Å². The standard InChI is InChI=1S/C8H15NO5Se/c1-15-3-2-5(8(13)14)9-6(10)4-7(11)12/h5-6,9-10H,2-4H2,1H3,(H,11,12)(H,13,14)/t5-,6?/m0/s1. The van der Waals surface area contributed by atoms with E-state index in [0.29, 0.717) is 21.4 Å². The van der Waals surface area contributed by atoms with Gasteiger partial charge in [-0.05, 0) is 0 Å². The third kappa shape index (κ3) is 7.32. The summed E-state index contributed by atoms with van der Waals surface area (Å²) in [6.07, 6.45) is -1.41. The Kier molecular flexibility index (Phi) is 7.33. The third-order valence-electron chi connectivity index (χ3n) is 1.67. The molecule has 0 radical (unpaired) electrons. The molecule has 0 aliphatic heterocycles. The molecule has 0 spiro atoms. The fourth-order valence-electron chi connectivity index (χ4n) is 0.970. The summed E-state index contributed by atoms with van der Waals surface area (Å²) >= 11 is 0.368. The van der Waals surface area contributed by atoms with Crippen molar-refractivity contribution in [2.75, 3.05) is 0 Å². The van der Waals surface area contributed by atoms with Crippen molar-refractivity contribution in [2.45, 2.75) is 36.3 Å². The first-order chi connectivity index (χ1) is 6.97. The van der Waals surface area contributed by atoms with E-state index in [1.807, 2.05) is 5.82 Å². The maximum absolute atomic E-state index is 10.7. The average molecular weight is 284 g/mol. The van der Waals surface area contributed by atoms with Crippen LogP contribution in [0.15, 0.2) is 0 Å². The Hall–Kier alpha value is -0.621. The quantitative estimate of drug-likeness (QED) is 0.350. The topological polar surface area (TPSA) is 107 Å². The minimum atomic E-state index is -1.31. The van der Waals surface area contributed by atoms with Crippen molar-refractivity contribution in [3.8, 4) is 0 Å². The Balaban J connectivity index is 4.03. The van der Waals surface area contributed by atoms with Crippen molar-refractivity contribution in [1.82, 2.24) is 5.32 Å². The Labute approximate surface area is 93.8 Å². The number of carbonyl (C=O) groups is 2. The molecule has 88 valence electrons. The van der Waals surface area contributed by atoms with Gasteiger partial charge in [-0.3, -0.25) is 0 Å². The van der Waals surface area contributed by atoms with E-state index in [2.05, 4.69) is 5.32 Å². The van der Waals surface area contributed by atoms with Crippen LogP contribution in [0.5, 0.6) is 0 Å². The Bertz CT molecular complexity index is 223. The molecular weight excluding hydrogens is 269 g/mol. The minimum absolute atomic E-state index is 0.368. The van der Waals surface area contributed by atoms with Gasteiger partial charge in [-0.2, -0.15) is 0 Å². The molecule has 0 aromatic carbocycles. The van der Waals surface area contributed by atoms with Gasteiger partial charge < -0.3 is 0 Å². The Morgan fingerprint density at radius 3 is 2.40 bits per heavy atom. The normalized spacial score (nSPS) is 14.5. The molecule has 0 aromatic rings. The van der Waals surface area contributed by atoms with E-state index < -0.39 is 30.6 Å². The molecule has 7 heteroatoms. The number of aliphatic carboxylic acids is 2. The second-order valence-corrected chi connectivity index (χ2v) is 5.02. The summed E-state index contributed by atoms with van der Waals surface area (Å²) in [5.74, 6) is -0.248. The van der Waals surface area contributed by atoms with Crippen molar-refractivity contribution in [2.24, 2.45) is 0 Å². The van der Waals surface area contributed by atoms with Crippen LogP contribution in [0.25, 0.3) is 0 Å². The number of nitrogens with one attached hydrogen (secondary N) is 1. The molecule has 1 unspecified atom stereocenters. The van der Waals surface area contributed by atoms with Crippen molar-refractivity contribution in [1.29, 1.82) is 0 Å². The molecule has 0 aliphatic rings. The van der Waals surface area contributed by atoms with Crippen LogP contribution in [0.2, 0.25) is 11.1 Å². The van der Waals surface area contributed by atoms with Crippen LogP contribution in [-0.2, 0) is 9.59 Å². The van der Waals surface area contributed by atoms with Crippen molar-refractivity contribution < 1.29 is 24.9 Å². The predicted molar refractivity (Wildman–Crippen MR) is 53.9 cm³/mol. The molecule has 0 rings (SSSR count). The molecule has 0 aromatic heterocycles. The van der Waals surface area contributed by atoms with Gasteiger partial charge in [-0.15, -0.1) is 0 Å². The van der Waals surface area contributed by atoms with Crippen LogP contribution in [0.4, 0.5) is 0 Å². The van der Waals surface area contributed by atoms with Crippen LogP contribution in [0.1, 0.15) is 12.8 Å². The summed E-state index contributed by atoms with van der Waals surface area (Å²) < 4.78 is 0. The number of hydrogen-bond donors (Lipinski definition) is 4. The van der Waals surface area contributed by atoms with Crippen molar-refractivity contribution in [3.05, 3.63) is 0 Å². The molecule has 15 heavy (non-hydrogen) atoms. The zero-order chi connectivity index (χ0) is 11.8. The molecule has 0 amide bonds. The van der Waals surface area contributed by atoms with Gasteiger partial charge in [0, 0.05) is 0 Å². The molecule has 0 saturated heterocycles. The molecule has 6 nitrogen and oxygen atoms in total.